The number of hydrogen-bond acceptors (Lipinski definition) is 6. The molecule has 0 aromatic carbocycles. The molecule has 0 aliphatic carbocycles. The fraction of sp³-hybridized carbons (Fsp3) is 0.571. The van der Waals surface area contributed by atoms with Crippen molar-refractivity contribution in [1.82, 2.24) is 20.1 Å². The smallest absolute Gasteiger partial charge is 0.151 e. The van der Waals surface area contributed by atoms with E-state index in [-0.39, 0.29) is 11.8 Å². The molecule has 1 aliphatic rings. The molecule has 0 amide bonds. The molecule has 1 saturated heterocycles. The van der Waals surface area contributed by atoms with E-state index in [9.17, 15) is 8.42 Å². The van der Waals surface area contributed by atoms with Crippen LogP contribution in [0.3, 0.4) is 0 Å². The van der Waals surface area contributed by atoms with Crippen LogP contribution in [0.15, 0.2) is 17.5 Å². The van der Waals surface area contributed by atoms with Gasteiger partial charge >= 0.3 is 0 Å². The van der Waals surface area contributed by atoms with Crippen molar-refractivity contribution in [1.29, 1.82) is 0 Å². The third-order valence-electron chi connectivity index (χ3n) is 4.02. The summed E-state index contributed by atoms with van der Waals surface area (Å²) in [5.41, 5.74) is 0. The average Bonchev–Trinajstić information content (AvgIpc) is 3.18. The van der Waals surface area contributed by atoms with Crippen LogP contribution < -0.4 is 0 Å². The molecular formula is C14H20N4O2S2. The van der Waals surface area contributed by atoms with E-state index in [0.717, 1.165) is 37.5 Å². The maximum absolute atomic E-state index is 11.5. The second kappa shape index (κ2) is 6.47. The molecule has 0 saturated carbocycles. The molecule has 8 heteroatoms. The summed E-state index contributed by atoms with van der Waals surface area (Å²) in [5, 5.41) is 9.28. The van der Waals surface area contributed by atoms with E-state index in [0.29, 0.717) is 5.75 Å². The number of sulfone groups is 1. The minimum atomic E-state index is -2.83. The van der Waals surface area contributed by atoms with E-state index >= 15 is 0 Å². The zero-order valence-corrected chi connectivity index (χ0v) is 14.2. The summed E-state index contributed by atoms with van der Waals surface area (Å²) >= 11 is 1.71. The lowest BCUT2D eigenvalue weighted by atomic mass is 10.2. The van der Waals surface area contributed by atoms with Crippen LogP contribution in [0, 0.1) is 0 Å². The molecule has 3 heterocycles. The molecule has 0 bridgehead atoms. The highest BCUT2D eigenvalue weighted by Gasteiger charge is 2.30. The van der Waals surface area contributed by atoms with Crippen molar-refractivity contribution in [3.05, 3.63) is 34.0 Å². The molecule has 0 radical (unpaired) electrons. The third kappa shape index (κ3) is 3.93. The Balaban J connectivity index is 1.50. The fourth-order valence-electron chi connectivity index (χ4n) is 2.69. The van der Waals surface area contributed by atoms with Gasteiger partial charge < -0.3 is 4.90 Å². The predicted molar refractivity (Wildman–Crippen MR) is 86.9 cm³/mol. The number of rotatable bonds is 6. The van der Waals surface area contributed by atoms with Gasteiger partial charge in [-0.3, -0.25) is 5.10 Å². The number of hydrogen-bond donors (Lipinski definition) is 1. The average molecular weight is 340 g/mol. The van der Waals surface area contributed by atoms with Crippen molar-refractivity contribution < 1.29 is 8.42 Å². The van der Waals surface area contributed by atoms with Crippen molar-refractivity contribution >= 4 is 21.2 Å². The van der Waals surface area contributed by atoms with E-state index < -0.39 is 9.84 Å². The highest BCUT2D eigenvalue weighted by atomic mass is 32.2. The first-order valence-corrected chi connectivity index (χ1v) is 10.1. The van der Waals surface area contributed by atoms with Crippen molar-refractivity contribution in [3.63, 3.8) is 0 Å². The van der Waals surface area contributed by atoms with Crippen LogP contribution in [-0.2, 0) is 22.7 Å². The van der Waals surface area contributed by atoms with E-state index in [1.54, 1.807) is 11.3 Å². The third-order valence-corrected chi connectivity index (χ3v) is 6.65. The Labute approximate surface area is 134 Å². The number of H-pyrrole nitrogens is 1. The van der Waals surface area contributed by atoms with Crippen molar-refractivity contribution in [3.8, 4) is 0 Å². The lowest BCUT2D eigenvalue weighted by Crippen LogP contribution is -2.34. The molecule has 2 aromatic heterocycles. The van der Waals surface area contributed by atoms with Gasteiger partial charge in [-0.2, -0.15) is 5.10 Å². The zero-order valence-electron chi connectivity index (χ0n) is 12.5. The molecule has 0 spiro atoms. The zero-order chi connectivity index (χ0) is 15.6. The maximum Gasteiger partial charge on any atom is 0.151 e. The molecule has 0 unspecified atom stereocenters. The van der Waals surface area contributed by atoms with Crippen LogP contribution >= 0.6 is 11.3 Å². The first-order valence-electron chi connectivity index (χ1n) is 7.35. The highest BCUT2D eigenvalue weighted by molar-refractivity contribution is 7.91. The molecule has 2 aromatic rings. The van der Waals surface area contributed by atoms with Gasteiger partial charge in [0.15, 0.2) is 15.7 Å². The monoisotopic (exact) mass is 340 g/mol. The SMILES string of the molecule is CN(CCc1n[nH]c(Cc2cccs2)n1)[C@@H]1CCS(=O)(=O)C1. The van der Waals surface area contributed by atoms with Gasteiger partial charge in [-0.25, -0.2) is 13.4 Å². The first-order chi connectivity index (χ1) is 10.5. The molecule has 1 atom stereocenters. The van der Waals surface area contributed by atoms with E-state index in [1.165, 1.54) is 4.88 Å². The summed E-state index contributed by atoms with van der Waals surface area (Å²) in [4.78, 5) is 7.88. The molecule has 22 heavy (non-hydrogen) atoms. The van der Waals surface area contributed by atoms with Crippen molar-refractivity contribution in [2.45, 2.75) is 25.3 Å². The molecule has 1 aliphatic heterocycles. The van der Waals surface area contributed by atoms with Crippen LogP contribution in [0.4, 0.5) is 0 Å². The Morgan fingerprint density at radius 1 is 1.50 bits per heavy atom. The maximum atomic E-state index is 11.5. The Hall–Kier alpha value is -1.25. The lowest BCUT2D eigenvalue weighted by Gasteiger charge is -2.22. The summed E-state index contributed by atoms with van der Waals surface area (Å²) in [6.45, 7) is 0.774. The van der Waals surface area contributed by atoms with Gasteiger partial charge in [0.25, 0.3) is 0 Å². The van der Waals surface area contributed by atoms with Gasteiger partial charge in [0.2, 0.25) is 0 Å². The normalized spacial score (nSPS) is 20.7. The second-order valence-electron chi connectivity index (χ2n) is 5.74. The Kier molecular flexibility index (Phi) is 4.60. The molecule has 1 N–H and O–H groups in total. The van der Waals surface area contributed by atoms with Gasteiger partial charge in [0.1, 0.15) is 5.82 Å². The van der Waals surface area contributed by atoms with Gasteiger partial charge in [-0.15, -0.1) is 11.3 Å². The van der Waals surface area contributed by atoms with Crippen LogP contribution in [0.25, 0.3) is 0 Å². The standard InChI is InChI=1S/C14H20N4O2S2/c1-18(11-5-8-22(19,20)10-11)6-4-13-15-14(17-16-13)9-12-3-2-7-21-12/h2-3,7,11H,4-6,8-10H2,1H3,(H,15,16,17)/t11-/m1/s1. The summed E-state index contributed by atoms with van der Waals surface area (Å²) in [5.74, 6) is 2.26. The number of nitrogens with one attached hydrogen (secondary N) is 1. The van der Waals surface area contributed by atoms with Crippen molar-refractivity contribution in [2.75, 3.05) is 25.1 Å². The molecule has 6 nitrogen and oxygen atoms in total. The molecule has 1 fully saturated rings. The van der Waals surface area contributed by atoms with E-state index in [4.69, 9.17) is 0 Å². The minimum Gasteiger partial charge on any atom is -0.302 e. The molecule has 120 valence electrons. The Bertz CT molecular complexity index is 709. The van der Waals surface area contributed by atoms with Gasteiger partial charge in [-0.1, -0.05) is 6.07 Å². The van der Waals surface area contributed by atoms with E-state index in [1.807, 2.05) is 13.1 Å². The predicted octanol–water partition coefficient (Wildman–Crippen LogP) is 1.12. The van der Waals surface area contributed by atoms with Gasteiger partial charge in [-0.05, 0) is 24.9 Å². The van der Waals surface area contributed by atoms with Crippen LogP contribution in [0.5, 0.6) is 0 Å². The van der Waals surface area contributed by atoms with Crippen LogP contribution in [-0.4, -0.2) is 59.6 Å². The largest absolute Gasteiger partial charge is 0.302 e. The number of likely N-dealkylation sites (N-methyl/N-ethyl adjacent to an activating group) is 1. The number of aromatic amines is 1. The second-order valence-corrected chi connectivity index (χ2v) is 9.00. The first kappa shape index (κ1) is 15.6. The topological polar surface area (TPSA) is 79.0 Å². The van der Waals surface area contributed by atoms with E-state index in [2.05, 4.69) is 31.5 Å². The Morgan fingerprint density at radius 3 is 3.05 bits per heavy atom. The number of thiophene rings is 1. The summed E-state index contributed by atoms with van der Waals surface area (Å²) in [7, 11) is -0.849. The van der Waals surface area contributed by atoms with Crippen LogP contribution in [0.2, 0.25) is 0 Å². The summed E-state index contributed by atoms with van der Waals surface area (Å²) in [6.07, 6.45) is 2.24. The number of nitrogens with zero attached hydrogens (tertiary/aromatic N) is 3. The lowest BCUT2D eigenvalue weighted by molar-refractivity contribution is 0.264. The Morgan fingerprint density at radius 2 is 2.36 bits per heavy atom. The minimum absolute atomic E-state index is 0.134. The number of aromatic nitrogens is 3. The van der Waals surface area contributed by atoms with Gasteiger partial charge in [0.05, 0.1) is 11.5 Å². The summed E-state index contributed by atoms with van der Waals surface area (Å²) in [6, 6.07) is 4.25. The molecular weight excluding hydrogens is 320 g/mol. The quantitative estimate of drug-likeness (QED) is 0.852. The molecule has 3 rings (SSSR count). The summed E-state index contributed by atoms with van der Waals surface area (Å²) < 4.78 is 23.0. The fourth-order valence-corrected chi connectivity index (χ4v) is 5.20. The van der Waals surface area contributed by atoms with Crippen LogP contribution in [0.1, 0.15) is 22.9 Å². The highest BCUT2D eigenvalue weighted by Crippen LogP contribution is 2.17. The van der Waals surface area contributed by atoms with Crippen molar-refractivity contribution in [2.24, 2.45) is 0 Å². The van der Waals surface area contributed by atoms with Gasteiger partial charge in [0, 0.05) is 30.3 Å².